The molecule has 2 heterocycles. The average Bonchev–Trinajstić information content (AvgIpc) is 3.31. The van der Waals surface area contributed by atoms with E-state index >= 15 is 0 Å². The molecule has 9 heteroatoms. The van der Waals surface area contributed by atoms with Gasteiger partial charge in [-0.15, -0.1) is 24.0 Å². The molecule has 2 saturated heterocycles. The van der Waals surface area contributed by atoms with Crippen LogP contribution in [0.4, 0.5) is 4.79 Å². The molecule has 0 radical (unpaired) electrons. The second-order valence-corrected chi connectivity index (χ2v) is 7.61. The number of halogens is 1. The van der Waals surface area contributed by atoms with E-state index in [2.05, 4.69) is 20.5 Å². The highest BCUT2D eigenvalue weighted by molar-refractivity contribution is 14.0. The quantitative estimate of drug-likeness (QED) is 0.238. The molecule has 28 heavy (non-hydrogen) atoms. The van der Waals surface area contributed by atoms with Crippen LogP contribution in [0, 0.1) is 5.92 Å². The Morgan fingerprint density at radius 1 is 1.21 bits per heavy atom. The molecule has 0 atom stereocenters. The maximum absolute atomic E-state index is 11.6. The van der Waals surface area contributed by atoms with E-state index in [4.69, 9.17) is 4.74 Å². The van der Waals surface area contributed by atoms with Crippen molar-refractivity contribution in [3.8, 4) is 0 Å². The molecular formula is C19H34IN5O3. The molecule has 3 amide bonds. The van der Waals surface area contributed by atoms with E-state index in [-0.39, 0.29) is 42.5 Å². The van der Waals surface area contributed by atoms with E-state index in [1.165, 1.54) is 30.6 Å². The lowest BCUT2D eigenvalue weighted by Gasteiger charge is -2.34. The molecule has 0 unspecified atom stereocenters. The number of ether oxygens (including phenoxy) is 1. The van der Waals surface area contributed by atoms with Crippen LogP contribution >= 0.6 is 24.0 Å². The Bertz CT molecular complexity index is 530. The zero-order chi connectivity index (χ0) is 19.1. The number of imide groups is 1. The van der Waals surface area contributed by atoms with Crippen LogP contribution in [0.15, 0.2) is 4.99 Å². The van der Waals surface area contributed by atoms with Crippen LogP contribution in [-0.4, -0.2) is 79.7 Å². The van der Waals surface area contributed by atoms with Gasteiger partial charge in [0.25, 0.3) is 0 Å². The molecule has 160 valence electrons. The van der Waals surface area contributed by atoms with Crippen molar-refractivity contribution in [2.24, 2.45) is 10.9 Å². The summed E-state index contributed by atoms with van der Waals surface area (Å²) in [7, 11) is 0. The molecule has 8 nitrogen and oxygen atoms in total. The van der Waals surface area contributed by atoms with Crippen LogP contribution in [0.1, 0.15) is 45.4 Å². The molecule has 2 N–H and O–H groups in total. The lowest BCUT2D eigenvalue weighted by molar-refractivity contribution is -0.124. The number of amides is 3. The number of carbonyl (C=O) groups is 2. The van der Waals surface area contributed by atoms with Crippen molar-refractivity contribution < 1.29 is 14.3 Å². The lowest BCUT2D eigenvalue weighted by Crippen LogP contribution is -2.47. The number of hydrogen-bond donors (Lipinski definition) is 2. The second kappa shape index (κ2) is 11.8. The third-order valence-electron chi connectivity index (χ3n) is 5.64. The summed E-state index contributed by atoms with van der Waals surface area (Å²) in [5.74, 6) is 1.45. The standard InChI is InChI=1S/C19H33N5O3.HI/c1-2-20-18(21-9-12-24-17(25)13-22-19(24)26)23-10-7-16(8-11-23)27-14-15-5-3-4-6-15;/h15-16H,2-14H2,1H3,(H,20,21)(H,22,26);1H. The van der Waals surface area contributed by atoms with Gasteiger partial charge in [0, 0.05) is 26.2 Å². The number of aliphatic imine (C=N–C) groups is 1. The Morgan fingerprint density at radius 2 is 1.93 bits per heavy atom. The van der Waals surface area contributed by atoms with Gasteiger partial charge < -0.3 is 20.3 Å². The van der Waals surface area contributed by atoms with Crippen molar-refractivity contribution >= 4 is 41.9 Å². The second-order valence-electron chi connectivity index (χ2n) is 7.61. The van der Waals surface area contributed by atoms with E-state index in [0.29, 0.717) is 19.2 Å². The molecule has 3 rings (SSSR count). The fourth-order valence-corrected chi connectivity index (χ4v) is 4.05. The van der Waals surface area contributed by atoms with Gasteiger partial charge in [0.15, 0.2) is 5.96 Å². The first-order valence-corrected chi connectivity index (χ1v) is 10.4. The number of piperidine rings is 1. The maximum Gasteiger partial charge on any atom is 0.324 e. The minimum Gasteiger partial charge on any atom is -0.378 e. The molecular weight excluding hydrogens is 473 g/mol. The zero-order valence-corrected chi connectivity index (χ0v) is 19.2. The van der Waals surface area contributed by atoms with Crippen LogP contribution in [-0.2, 0) is 9.53 Å². The number of nitrogens with zero attached hydrogens (tertiary/aromatic N) is 3. The van der Waals surface area contributed by atoms with Crippen LogP contribution in [0.2, 0.25) is 0 Å². The molecule has 3 fully saturated rings. The minimum absolute atomic E-state index is 0. The Hall–Kier alpha value is -1.10. The van der Waals surface area contributed by atoms with E-state index < -0.39 is 0 Å². The molecule has 1 aliphatic carbocycles. The van der Waals surface area contributed by atoms with Gasteiger partial charge in [-0.1, -0.05) is 12.8 Å². The summed E-state index contributed by atoms with van der Waals surface area (Å²) in [6, 6.07) is -0.319. The van der Waals surface area contributed by atoms with Gasteiger partial charge in [-0.25, -0.2) is 4.79 Å². The first kappa shape index (κ1) is 23.2. The first-order valence-electron chi connectivity index (χ1n) is 10.4. The summed E-state index contributed by atoms with van der Waals surface area (Å²) in [6.45, 7) is 6.43. The van der Waals surface area contributed by atoms with Crippen molar-refractivity contribution in [1.29, 1.82) is 0 Å². The normalized spacial score (nSPS) is 21.8. The predicted molar refractivity (Wildman–Crippen MR) is 119 cm³/mol. The number of hydrogen-bond acceptors (Lipinski definition) is 4. The minimum atomic E-state index is -0.319. The van der Waals surface area contributed by atoms with Gasteiger partial charge in [0.1, 0.15) is 0 Å². The fraction of sp³-hybridized carbons (Fsp3) is 0.842. The summed E-state index contributed by atoms with van der Waals surface area (Å²) >= 11 is 0. The van der Waals surface area contributed by atoms with Crippen molar-refractivity contribution in [1.82, 2.24) is 20.4 Å². The van der Waals surface area contributed by atoms with Crippen LogP contribution in [0.5, 0.6) is 0 Å². The fourth-order valence-electron chi connectivity index (χ4n) is 4.05. The van der Waals surface area contributed by atoms with Crippen molar-refractivity contribution in [3.63, 3.8) is 0 Å². The van der Waals surface area contributed by atoms with Gasteiger partial charge in [0.2, 0.25) is 5.91 Å². The topological polar surface area (TPSA) is 86.3 Å². The van der Waals surface area contributed by atoms with E-state index in [1.807, 2.05) is 6.92 Å². The summed E-state index contributed by atoms with van der Waals surface area (Å²) in [5.41, 5.74) is 0. The molecule has 0 aromatic carbocycles. The van der Waals surface area contributed by atoms with Crippen LogP contribution < -0.4 is 10.6 Å². The van der Waals surface area contributed by atoms with E-state index in [0.717, 1.165) is 51.0 Å². The van der Waals surface area contributed by atoms with E-state index in [1.54, 1.807) is 0 Å². The smallest absolute Gasteiger partial charge is 0.324 e. The number of nitrogens with one attached hydrogen (secondary N) is 2. The molecule has 0 bridgehead atoms. The highest BCUT2D eigenvalue weighted by atomic mass is 127. The number of urea groups is 1. The highest BCUT2D eigenvalue weighted by Gasteiger charge is 2.28. The monoisotopic (exact) mass is 507 g/mol. The van der Waals surface area contributed by atoms with Crippen molar-refractivity contribution in [2.45, 2.75) is 51.6 Å². The van der Waals surface area contributed by atoms with Gasteiger partial charge in [-0.2, -0.15) is 0 Å². The Balaban J connectivity index is 0.00000280. The molecule has 0 aromatic heterocycles. The zero-order valence-electron chi connectivity index (χ0n) is 16.8. The van der Waals surface area contributed by atoms with Gasteiger partial charge in [-0.05, 0) is 38.5 Å². The third-order valence-corrected chi connectivity index (χ3v) is 5.64. The molecule has 3 aliphatic rings. The average molecular weight is 507 g/mol. The van der Waals surface area contributed by atoms with Gasteiger partial charge in [-0.3, -0.25) is 14.7 Å². The number of carbonyl (C=O) groups excluding carboxylic acids is 2. The molecule has 1 saturated carbocycles. The van der Waals surface area contributed by atoms with Gasteiger partial charge >= 0.3 is 6.03 Å². The third kappa shape index (κ3) is 6.47. The summed E-state index contributed by atoms with van der Waals surface area (Å²) in [6.07, 6.45) is 7.77. The summed E-state index contributed by atoms with van der Waals surface area (Å²) in [4.78, 5) is 31.3. The molecule has 0 spiro atoms. The maximum atomic E-state index is 11.6. The van der Waals surface area contributed by atoms with Crippen LogP contribution in [0.25, 0.3) is 0 Å². The predicted octanol–water partition coefficient (Wildman–Crippen LogP) is 1.79. The van der Waals surface area contributed by atoms with Crippen LogP contribution in [0.3, 0.4) is 0 Å². The number of guanidine groups is 1. The Labute approximate surface area is 184 Å². The van der Waals surface area contributed by atoms with E-state index in [9.17, 15) is 9.59 Å². The lowest BCUT2D eigenvalue weighted by atomic mass is 10.1. The van der Waals surface area contributed by atoms with Gasteiger partial charge in [0.05, 0.1) is 25.7 Å². The Morgan fingerprint density at radius 3 is 2.54 bits per heavy atom. The highest BCUT2D eigenvalue weighted by Crippen LogP contribution is 2.26. The summed E-state index contributed by atoms with van der Waals surface area (Å²) in [5, 5.41) is 5.85. The molecule has 0 aromatic rings. The summed E-state index contributed by atoms with van der Waals surface area (Å²) < 4.78 is 6.15. The number of likely N-dealkylation sites (tertiary alicyclic amines) is 1. The Kier molecular flexibility index (Phi) is 9.76. The van der Waals surface area contributed by atoms with Crippen molar-refractivity contribution in [2.75, 3.05) is 45.9 Å². The number of rotatable bonds is 7. The molecule has 2 aliphatic heterocycles. The van der Waals surface area contributed by atoms with Crippen molar-refractivity contribution in [3.05, 3.63) is 0 Å². The SMILES string of the molecule is CCNC(=NCCN1C(=O)CNC1=O)N1CCC(OCC2CCCC2)CC1.I. The first-order chi connectivity index (χ1) is 13.2. The largest absolute Gasteiger partial charge is 0.378 e.